The predicted molar refractivity (Wildman–Crippen MR) is 101 cm³/mol. The summed E-state index contributed by atoms with van der Waals surface area (Å²) < 4.78 is 0. The number of pyridine rings is 1. The fraction of sp³-hybridized carbons (Fsp3) is 0.421. The summed E-state index contributed by atoms with van der Waals surface area (Å²) in [7, 11) is 0. The summed E-state index contributed by atoms with van der Waals surface area (Å²) in [6.07, 6.45) is 5.09. The zero-order chi connectivity index (χ0) is 18.7. The van der Waals surface area contributed by atoms with E-state index in [1.807, 2.05) is 0 Å². The van der Waals surface area contributed by atoms with Crippen molar-refractivity contribution in [2.75, 3.05) is 5.32 Å². The number of carbonyl (C=O) groups is 2. The highest BCUT2D eigenvalue weighted by molar-refractivity contribution is 6.12. The first-order valence-corrected chi connectivity index (χ1v) is 8.99. The lowest BCUT2D eigenvalue weighted by atomic mass is 9.95. The number of para-hydroxylation sites is 1. The van der Waals surface area contributed by atoms with Gasteiger partial charge in [0.15, 0.2) is 0 Å². The largest absolute Gasteiger partial charge is 0.349 e. The molecule has 7 heteroatoms. The number of H-pyrrole nitrogens is 1. The van der Waals surface area contributed by atoms with Crippen molar-refractivity contribution in [3.8, 4) is 0 Å². The molecular formula is C19H24N4O3. The smallest absolute Gasteiger partial charge is 0.263 e. The molecule has 1 aliphatic carbocycles. The maximum atomic E-state index is 12.8. The van der Waals surface area contributed by atoms with Gasteiger partial charge in [-0.2, -0.15) is 0 Å². The molecule has 1 aromatic carbocycles. The van der Waals surface area contributed by atoms with Gasteiger partial charge in [0.2, 0.25) is 5.91 Å². The number of carbonyl (C=O) groups excluding carboxylic acids is 2. The molecule has 0 radical (unpaired) electrons. The molecule has 1 fully saturated rings. The summed E-state index contributed by atoms with van der Waals surface area (Å²) in [6, 6.07) is 6.32. The molecule has 0 spiro atoms. The molecule has 2 amide bonds. The third kappa shape index (κ3) is 3.77. The van der Waals surface area contributed by atoms with Crippen molar-refractivity contribution in [3.05, 3.63) is 40.2 Å². The molecule has 26 heavy (non-hydrogen) atoms. The second-order valence-electron chi connectivity index (χ2n) is 6.84. The predicted octanol–water partition coefficient (Wildman–Crippen LogP) is 1.88. The minimum Gasteiger partial charge on any atom is -0.349 e. The fourth-order valence-corrected chi connectivity index (χ4v) is 3.33. The molecule has 1 atom stereocenters. The molecule has 7 nitrogen and oxygen atoms in total. The van der Waals surface area contributed by atoms with Gasteiger partial charge < -0.3 is 21.4 Å². The van der Waals surface area contributed by atoms with Crippen LogP contribution in [0.3, 0.4) is 0 Å². The van der Waals surface area contributed by atoms with Crippen molar-refractivity contribution < 1.29 is 9.59 Å². The first kappa shape index (κ1) is 18.1. The number of anilines is 1. The van der Waals surface area contributed by atoms with Gasteiger partial charge in [0.1, 0.15) is 5.56 Å². The van der Waals surface area contributed by atoms with Crippen LogP contribution in [0.25, 0.3) is 10.9 Å². The zero-order valence-corrected chi connectivity index (χ0v) is 14.8. The van der Waals surface area contributed by atoms with E-state index in [4.69, 9.17) is 5.73 Å². The SMILES string of the molecule is CC(N)C(=O)Nc1c(C(=O)NC2CCCCC2)c(=O)[nH]c2ccccc12. The number of aromatic nitrogens is 1. The van der Waals surface area contributed by atoms with Crippen LogP contribution in [0, 0.1) is 0 Å². The van der Waals surface area contributed by atoms with Gasteiger partial charge in [-0.3, -0.25) is 14.4 Å². The van der Waals surface area contributed by atoms with E-state index in [2.05, 4.69) is 15.6 Å². The Hall–Kier alpha value is -2.67. The van der Waals surface area contributed by atoms with E-state index in [1.165, 1.54) is 6.42 Å². The molecule has 1 saturated carbocycles. The van der Waals surface area contributed by atoms with E-state index >= 15 is 0 Å². The van der Waals surface area contributed by atoms with Crippen molar-refractivity contribution in [1.82, 2.24) is 10.3 Å². The van der Waals surface area contributed by atoms with Crippen LogP contribution in [0.15, 0.2) is 29.1 Å². The molecule has 5 N–H and O–H groups in total. The van der Waals surface area contributed by atoms with Crippen molar-refractivity contribution in [2.24, 2.45) is 5.73 Å². The lowest BCUT2D eigenvalue weighted by Crippen LogP contribution is -2.40. The maximum absolute atomic E-state index is 12.8. The summed E-state index contributed by atoms with van der Waals surface area (Å²) in [5.74, 6) is -0.920. The molecular weight excluding hydrogens is 332 g/mol. The van der Waals surface area contributed by atoms with Gasteiger partial charge >= 0.3 is 0 Å². The van der Waals surface area contributed by atoms with Gasteiger partial charge in [0.05, 0.1) is 17.2 Å². The third-order valence-corrected chi connectivity index (χ3v) is 4.75. The van der Waals surface area contributed by atoms with Crippen LogP contribution in [0.1, 0.15) is 49.4 Å². The van der Waals surface area contributed by atoms with E-state index < -0.39 is 23.4 Å². The second-order valence-corrected chi connectivity index (χ2v) is 6.84. The molecule has 1 aliphatic rings. The van der Waals surface area contributed by atoms with Crippen LogP contribution >= 0.6 is 0 Å². The van der Waals surface area contributed by atoms with Gasteiger partial charge in [-0.15, -0.1) is 0 Å². The molecule has 1 heterocycles. The van der Waals surface area contributed by atoms with Crippen molar-refractivity contribution >= 4 is 28.4 Å². The van der Waals surface area contributed by atoms with E-state index in [0.717, 1.165) is 25.7 Å². The van der Waals surface area contributed by atoms with Gasteiger partial charge in [0.25, 0.3) is 11.5 Å². The first-order chi connectivity index (χ1) is 12.5. The number of rotatable bonds is 4. The number of nitrogens with two attached hydrogens (primary N) is 1. The number of aromatic amines is 1. The number of fused-ring (bicyclic) bond motifs is 1. The standard InChI is InChI=1S/C19H24N4O3/c1-11(20)17(24)23-16-13-9-5-6-10-14(13)22-19(26)15(16)18(25)21-12-7-3-2-4-8-12/h5-6,9-12H,2-4,7-8,20H2,1H3,(H,21,25)(H2,22,23,24,26). The Morgan fingerprint density at radius 1 is 1.19 bits per heavy atom. The first-order valence-electron chi connectivity index (χ1n) is 8.99. The molecule has 0 bridgehead atoms. The highest BCUT2D eigenvalue weighted by atomic mass is 16.2. The summed E-state index contributed by atoms with van der Waals surface area (Å²) in [4.78, 5) is 40.3. The Morgan fingerprint density at radius 3 is 2.58 bits per heavy atom. The van der Waals surface area contributed by atoms with Crippen LogP contribution in [0.5, 0.6) is 0 Å². The summed E-state index contributed by atoms with van der Waals surface area (Å²) in [6.45, 7) is 1.55. The Labute approximate surface area is 151 Å². The van der Waals surface area contributed by atoms with Crippen LogP contribution in [0.2, 0.25) is 0 Å². The molecule has 1 unspecified atom stereocenters. The van der Waals surface area contributed by atoms with Crippen LogP contribution in [-0.2, 0) is 4.79 Å². The normalized spacial score (nSPS) is 16.2. The minimum atomic E-state index is -0.762. The lowest BCUT2D eigenvalue weighted by molar-refractivity contribution is -0.117. The molecule has 138 valence electrons. The molecule has 0 saturated heterocycles. The number of hydrogen-bond acceptors (Lipinski definition) is 4. The minimum absolute atomic E-state index is 0.0547. The average Bonchev–Trinajstić information content (AvgIpc) is 2.62. The highest BCUT2D eigenvalue weighted by Crippen LogP contribution is 2.25. The van der Waals surface area contributed by atoms with Crippen molar-refractivity contribution in [2.45, 2.75) is 51.1 Å². The molecule has 3 rings (SSSR count). The monoisotopic (exact) mass is 356 g/mol. The van der Waals surface area contributed by atoms with E-state index in [9.17, 15) is 14.4 Å². The van der Waals surface area contributed by atoms with Crippen LogP contribution in [-0.4, -0.2) is 28.9 Å². The Bertz CT molecular complexity index is 882. The molecule has 1 aromatic heterocycles. The Balaban J connectivity index is 2.04. The average molecular weight is 356 g/mol. The van der Waals surface area contributed by atoms with Gasteiger partial charge in [-0.1, -0.05) is 37.5 Å². The van der Waals surface area contributed by atoms with Gasteiger partial charge in [0, 0.05) is 11.4 Å². The molecule has 0 aliphatic heterocycles. The third-order valence-electron chi connectivity index (χ3n) is 4.75. The topological polar surface area (TPSA) is 117 Å². The lowest BCUT2D eigenvalue weighted by Gasteiger charge is -2.23. The fourth-order valence-electron chi connectivity index (χ4n) is 3.33. The van der Waals surface area contributed by atoms with Crippen molar-refractivity contribution in [1.29, 1.82) is 0 Å². The number of nitrogens with one attached hydrogen (secondary N) is 3. The van der Waals surface area contributed by atoms with Crippen LogP contribution in [0.4, 0.5) is 5.69 Å². The van der Waals surface area contributed by atoms with Crippen molar-refractivity contribution in [3.63, 3.8) is 0 Å². The summed E-state index contributed by atoms with van der Waals surface area (Å²) in [5, 5.41) is 6.20. The molecule has 2 aromatic rings. The van der Waals surface area contributed by atoms with E-state index in [1.54, 1.807) is 31.2 Å². The van der Waals surface area contributed by atoms with Gasteiger partial charge in [-0.25, -0.2) is 0 Å². The van der Waals surface area contributed by atoms with Gasteiger partial charge in [-0.05, 0) is 25.8 Å². The number of amides is 2. The quantitative estimate of drug-likeness (QED) is 0.669. The number of benzene rings is 1. The van der Waals surface area contributed by atoms with Crippen LogP contribution < -0.4 is 21.9 Å². The second kappa shape index (κ2) is 7.70. The summed E-state index contributed by atoms with van der Waals surface area (Å²) in [5.41, 5.74) is 5.79. The Morgan fingerprint density at radius 2 is 1.88 bits per heavy atom. The zero-order valence-electron chi connectivity index (χ0n) is 14.8. The highest BCUT2D eigenvalue weighted by Gasteiger charge is 2.24. The summed E-state index contributed by atoms with van der Waals surface area (Å²) >= 11 is 0. The van der Waals surface area contributed by atoms with E-state index in [-0.39, 0.29) is 17.3 Å². The van der Waals surface area contributed by atoms with E-state index in [0.29, 0.717) is 10.9 Å². The maximum Gasteiger partial charge on any atom is 0.263 e. The Kier molecular flexibility index (Phi) is 5.37. The number of hydrogen-bond donors (Lipinski definition) is 4.